The van der Waals surface area contributed by atoms with Crippen LogP contribution in [0.4, 0.5) is 10.5 Å². The molecular weight excluding hydrogens is 304 g/mol. The third-order valence-corrected chi connectivity index (χ3v) is 5.28. The Morgan fingerprint density at radius 3 is 2.75 bits per heavy atom. The number of anilines is 1. The number of urea groups is 1. The summed E-state index contributed by atoms with van der Waals surface area (Å²) in [6, 6.07) is 9.55. The molecule has 126 valence electrons. The van der Waals surface area contributed by atoms with Gasteiger partial charge in [0.1, 0.15) is 0 Å². The topological polar surface area (TPSA) is 68.2 Å². The molecule has 6 heteroatoms. The predicted molar refractivity (Wildman–Crippen MR) is 90.8 cm³/mol. The molecule has 2 amide bonds. The first-order valence-corrected chi connectivity index (χ1v) is 8.28. The first-order chi connectivity index (χ1) is 11.5. The monoisotopic (exact) mass is 326 g/mol. The number of rotatable bonds is 4. The van der Waals surface area contributed by atoms with E-state index in [0.717, 1.165) is 30.8 Å². The Hall–Kier alpha value is -2.34. The van der Waals surface area contributed by atoms with Gasteiger partial charge in [-0.1, -0.05) is 12.1 Å². The molecule has 0 radical (unpaired) electrons. The van der Waals surface area contributed by atoms with Crippen LogP contribution in [0.25, 0.3) is 0 Å². The fourth-order valence-electron chi connectivity index (χ4n) is 3.65. The van der Waals surface area contributed by atoms with E-state index in [1.807, 2.05) is 55.1 Å². The third-order valence-electron chi connectivity index (χ3n) is 5.28. The van der Waals surface area contributed by atoms with Gasteiger partial charge in [0, 0.05) is 24.0 Å². The van der Waals surface area contributed by atoms with Crippen LogP contribution in [0.2, 0.25) is 0 Å². The van der Waals surface area contributed by atoms with E-state index in [9.17, 15) is 4.79 Å². The lowest BCUT2D eigenvalue weighted by Gasteiger charge is -2.31. The summed E-state index contributed by atoms with van der Waals surface area (Å²) in [6.07, 6.45) is 4.69. The normalized spacial score (nSPS) is 26.7. The molecule has 2 aliphatic rings. The molecule has 0 spiro atoms. The van der Waals surface area contributed by atoms with Gasteiger partial charge in [0.05, 0.1) is 24.3 Å². The molecule has 1 aromatic carbocycles. The Morgan fingerprint density at radius 2 is 2.17 bits per heavy atom. The van der Waals surface area contributed by atoms with Crippen LogP contribution in [0.3, 0.4) is 0 Å². The number of carbonyl (C=O) groups is 1. The first-order valence-electron chi connectivity index (χ1n) is 8.28. The van der Waals surface area contributed by atoms with Crippen LogP contribution in [0, 0.1) is 5.92 Å². The van der Waals surface area contributed by atoms with E-state index in [1.165, 1.54) is 0 Å². The van der Waals surface area contributed by atoms with Crippen molar-refractivity contribution in [1.82, 2.24) is 15.1 Å². The average Bonchev–Trinajstić information content (AvgIpc) is 2.89. The van der Waals surface area contributed by atoms with Gasteiger partial charge in [-0.05, 0) is 44.0 Å². The van der Waals surface area contributed by atoms with Crippen molar-refractivity contribution in [3.8, 4) is 0 Å². The van der Waals surface area contributed by atoms with Crippen molar-refractivity contribution in [3.05, 3.63) is 48.3 Å². The summed E-state index contributed by atoms with van der Waals surface area (Å²) in [5.74, 6) is 0.440. The molecular formula is C18H22N4O2. The number of amides is 2. The minimum Gasteiger partial charge on any atom is -0.373 e. The van der Waals surface area contributed by atoms with Crippen LogP contribution in [-0.2, 0) is 11.3 Å². The van der Waals surface area contributed by atoms with Gasteiger partial charge in [-0.25, -0.2) is 4.79 Å². The Bertz CT molecular complexity index is 739. The first kappa shape index (κ1) is 15.2. The average molecular weight is 326 g/mol. The highest BCUT2D eigenvalue weighted by atomic mass is 16.5. The quantitative estimate of drug-likeness (QED) is 0.907. The summed E-state index contributed by atoms with van der Waals surface area (Å²) < 4.78 is 7.64. The molecule has 2 fully saturated rings. The summed E-state index contributed by atoms with van der Waals surface area (Å²) in [7, 11) is 0. The van der Waals surface area contributed by atoms with Crippen LogP contribution in [-0.4, -0.2) is 33.6 Å². The van der Waals surface area contributed by atoms with E-state index >= 15 is 0 Å². The molecule has 2 N–H and O–H groups in total. The number of aromatic nitrogens is 2. The van der Waals surface area contributed by atoms with Crippen LogP contribution in [0.1, 0.15) is 25.8 Å². The molecule has 2 heterocycles. The third kappa shape index (κ3) is 2.57. The van der Waals surface area contributed by atoms with Crippen molar-refractivity contribution in [1.29, 1.82) is 0 Å². The van der Waals surface area contributed by atoms with E-state index in [0.29, 0.717) is 5.92 Å². The summed E-state index contributed by atoms with van der Waals surface area (Å²) in [5.41, 5.74) is 1.40. The molecule has 1 saturated heterocycles. The number of nitrogens with zero attached hydrogens (tertiary/aromatic N) is 2. The Kier molecular flexibility index (Phi) is 3.38. The smallest absolute Gasteiger partial charge is 0.319 e. The molecule has 0 bridgehead atoms. The maximum Gasteiger partial charge on any atom is 0.319 e. The van der Waals surface area contributed by atoms with Gasteiger partial charge >= 0.3 is 6.03 Å². The number of nitrogens with one attached hydrogen (secondary N) is 2. The lowest BCUT2D eigenvalue weighted by Crippen LogP contribution is -2.52. The molecule has 6 nitrogen and oxygen atoms in total. The fraction of sp³-hybridized carbons (Fsp3) is 0.444. The van der Waals surface area contributed by atoms with Crippen LogP contribution in [0.15, 0.2) is 42.7 Å². The van der Waals surface area contributed by atoms with E-state index in [1.54, 1.807) is 6.20 Å². The summed E-state index contributed by atoms with van der Waals surface area (Å²) in [6.45, 7) is 5.54. The number of hydrogen-bond donors (Lipinski definition) is 2. The van der Waals surface area contributed by atoms with Crippen molar-refractivity contribution >= 4 is 11.7 Å². The largest absolute Gasteiger partial charge is 0.373 e. The van der Waals surface area contributed by atoms with Gasteiger partial charge in [-0.2, -0.15) is 5.10 Å². The van der Waals surface area contributed by atoms with Crippen molar-refractivity contribution in [2.24, 2.45) is 5.92 Å². The van der Waals surface area contributed by atoms with Crippen LogP contribution < -0.4 is 10.6 Å². The van der Waals surface area contributed by atoms with Gasteiger partial charge in [0.2, 0.25) is 0 Å². The second-order valence-corrected chi connectivity index (χ2v) is 7.17. The van der Waals surface area contributed by atoms with Gasteiger partial charge < -0.3 is 15.4 Å². The molecule has 2 aromatic rings. The number of hydrogen-bond acceptors (Lipinski definition) is 3. The molecule has 2 atom stereocenters. The highest BCUT2D eigenvalue weighted by molar-refractivity contribution is 5.90. The molecule has 4 rings (SSSR count). The molecule has 1 aliphatic carbocycles. The summed E-state index contributed by atoms with van der Waals surface area (Å²) in [4.78, 5) is 12.3. The Labute approximate surface area is 141 Å². The molecule has 24 heavy (non-hydrogen) atoms. The number of carbonyl (C=O) groups excluding carboxylic acids is 1. The lowest BCUT2D eigenvalue weighted by atomic mass is 9.96. The second-order valence-electron chi connectivity index (χ2n) is 7.17. The Balaban J connectivity index is 1.36. The lowest BCUT2D eigenvalue weighted by molar-refractivity contribution is -0.00667. The SMILES string of the molecule is CC1(C)OCC2CC21NC(=O)Nc1ccc(Cn2cccn2)cc1. The van der Waals surface area contributed by atoms with E-state index in [-0.39, 0.29) is 17.2 Å². The van der Waals surface area contributed by atoms with Crippen molar-refractivity contribution in [2.75, 3.05) is 11.9 Å². The zero-order valence-electron chi connectivity index (χ0n) is 14.0. The zero-order chi connectivity index (χ0) is 16.8. The second kappa shape index (κ2) is 5.34. The number of ether oxygens (including phenoxy) is 1. The number of fused-ring (bicyclic) bond motifs is 1. The Morgan fingerprint density at radius 1 is 1.38 bits per heavy atom. The number of benzene rings is 1. The maximum absolute atomic E-state index is 12.3. The summed E-state index contributed by atoms with van der Waals surface area (Å²) >= 11 is 0. The zero-order valence-corrected chi connectivity index (χ0v) is 14.0. The predicted octanol–water partition coefficient (Wildman–Crippen LogP) is 2.62. The molecule has 2 unspecified atom stereocenters. The van der Waals surface area contributed by atoms with Crippen LogP contribution in [0.5, 0.6) is 0 Å². The van der Waals surface area contributed by atoms with Crippen LogP contribution >= 0.6 is 0 Å². The molecule has 1 aliphatic heterocycles. The highest BCUT2D eigenvalue weighted by Crippen LogP contribution is 2.57. The minimum absolute atomic E-state index is 0.170. The standard InChI is InChI=1S/C18H22N4O2/c1-17(2)18(10-14(18)12-24-17)21-16(23)20-15-6-4-13(5-7-15)11-22-9-3-8-19-22/h3-9,14H,10-12H2,1-2H3,(H2,20,21,23). The molecule has 1 aromatic heterocycles. The van der Waals surface area contributed by atoms with Crippen molar-refractivity contribution in [3.63, 3.8) is 0 Å². The van der Waals surface area contributed by atoms with Gasteiger partial charge in [-0.15, -0.1) is 0 Å². The van der Waals surface area contributed by atoms with Crippen molar-refractivity contribution in [2.45, 2.75) is 38.0 Å². The fourth-order valence-corrected chi connectivity index (χ4v) is 3.65. The van der Waals surface area contributed by atoms with E-state index in [4.69, 9.17) is 4.74 Å². The molecule has 1 saturated carbocycles. The highest BCUT2D eigenvalue weighted by Gasteiger charge is 2.69. The van der Waals surface area contributed by atoms with E-state index in [2.05, 4.69) is 15.7 Å². The van der Waals surface area contributed by atoms with Crippen molar-refractivity contribution < 1.29 is 9.53 Å². The van der Waals surface area contributed by atoms with Gasteiger partial charge in [-0.3, -0.25) is 4.68 Å². The minimum atomic E-state index is -0.303. The van der Waals surface area contributed by atoms with Gasteiger partial charge in [0.25, 0.3) is 0 Å². The summed E-state index contributed by atoms with van der Waals surface area (Å²) in [5, 5.41) is 10.2. The van der Waals surface area contributed by atoms with E-state index < -0.39 is 0 Å². The maximum atomic E-state index is 12.3. The van der Waals surface area contributed by atoms with Gasteiger partial charge in [0.15, 0.2) is 0 Å².